The van der Waals surface area contributed by atoms with Gasteiger partial charge in [-0.05, 0) is 68.8 Å². The van der Waals surface area contributed by atoms with Gasteiger partial charge in [-0.1, -0.05) is 48.5 Å². The number of thioether (sulfide) groups is 1. The highest BCUT2D eigenvalue weighted by atomic mass is 32.2. The number of hydrogen-bond acceptors (Lipinski definition) is 4. The predicted molar refractivity (Wildman–Crippen MR) is 125 cm³/mol. The molecule has 4 fully saturated rings. The molecule has 2 saturated carbocycles. The summed E-state index contributed by atoms with van der Waals surface area (Å²) in [4.78, 5) is 32.6. The van der Waals surface area contributed by atoms with Crippen molar-refractivity contribution in [2.24, 2.45) is 22.7 Å². The predicted octanol–water partition coefficient (Wildman–Crippen LogP) is 4.02. The Balaban J connectivity index is 1.14. The number of amides is 2. The molecule has 4 aliphatic rings. The number of nitrogens with one attached hydrogen (secondary N) is 1. The molecule has 1 unspecified atom stereocenters. The van der Waals surface area contributed by atoms with E-state index < -0.39 is 4.75 Å². The number of rotatable bonds is 5. The van der Waals surface area contributed by atoms with Crippen molar-refractivity contribution in [3.63, 3.8) is 0 Å². The van der Waals surface area contributed by atoms with Gasteiger partial charge in [0.05, 0.1) is 6.04 Å². The maximum atomic E-state index is 12.9. The van der Waals surface area contributed by atoms with Crippen LogP contribution in [-0.2, 0) is 16.0 Å². The van der Waals surface area contributed by atoms with Crippen LogP contribution in [0.4, 0.5) is 0 Å². The first-order valence-corrected chi connectivity index (χ1v) is 12.7. The quantitative estimate of drug-likeness (QED) is 0.754. The van der Waals surface area contributed by atoms with E-state index in [1.807, 2.05) is 23.1 Å². The van der Waals surface area contributed by atoms with Crippen molar-refractivity contribution in [3.05, 3.63) is 35.9 Å². The molecule has 2 aliphatic heterocycles. The first-order chi connectivity index (χ1) is 15.0. The van der Waals surface area contributed by atoms with Gasteiger partial charge in [0, 0.05) is 19.5 Å². The summed E-state index contributed by atoms with van der Waals surface area (Å²) >= 11 is 1.64. The minimum absolute atomic E-state index is 0.105. The number of hydrogen-bond donors (Lipinski definition) is 1. The molecule has 2 aliphatic carbocycles. The molecule has 6 heteroatoms. The smallest absolute Gasteiger partial charge is 0.242 e. The number of likely N-dealkylation sites (tertiary alicyclic amines) is 1. The minimum atomic E-state index is -0.463. The summed E-state index contributed by atoms with van der Waals surface area (Å²) in [6.45, 7) is 3.58. The number of nitrogens with zero attached hydrogens (tertiary/aromatic N) is 2. The third kappa shape index (κ3) is 4.28. The highest BCUT2D eigenvalue weighted by Gasteiger charge is 2.50. The third-order valence-electron chi connectivity index (χ3n) is 8.06. The van der Waals surface area contributed by atoms with Gasteiger partial charge in [0.1, 0.15) is 4.75 Å². The van der Waals surface area contributed by atoms with Gasteiger partial charge >= 0.3 is 0 Å². The van der Waals surface area contributed by atoms with Crippen LogP contribution in [0.1, 0.15) is 57.4 Å². The Bertz CT molecular complexity index is 865. The van der Waals surface area contributed by atoms with Crippen LogP contribution in [0.2, 0.25) is 0 Å². The fraction of sp³-hybridized carbons (Fsp3) is 0.640. The topological polar surface area (TPSA) is 61.8 Å². The van der Waals surface area contributed by atoms with E-state index in [-0.39, 0.29) is 17.7 Å². The standard InChI is InChI=1S/C25H33N3O2S/c1-25(23(30)27-24(31-25)26-21-16-18-7-9-19(21)15-18)20-11-13-28(14-12-20)22(29)10-8-17-5-3-2-4-6-17/h2-6,18-21H,7-16H2,1H3,(H,26,27,30)/t18-,19+,21+,25?/m1/s1. The summed E-state index contributed by atoms with van der Waals surface area (Å²) in [5.41, 5.74) is 1.21. The highest BCUT2D eigenvalue weighted by Crippen LogP contribution is 2.48. The lowest BCUT2D eigenvalue weighted by atomic mass is 9.84. The van der Waals surface area contributed by atoms with Crippen LogP contribution in [0.5, 0.6) is 0 Å². The largest absolute Gasteiger partial charge is 0.343 e. The van der Waals surface area contributed by atoms with Gasteiger partial charge in [0.2, 0.25) is 11.8 Å². The molecule has 2 heterocycles. The molecule has 4 atom stereocenters. The van der Waals surface area contributed by atoms with E-state index in [0.717, 1.165) is 49.4 Å². The third-order valence-corrected chi connectivity index (χ3v) is 9.40. The van der Waals surface area contributed by atoms with Crippen LogP contribution in [-0.4, -0.2) is 45.8 Å². The van der Waals surface area contributed by atoms with Crippen LogP contribution >= 0.6 is 11.8 Å². The lowest BCUT2D eigenvalue weighted by molar-refractivity contribution is -0.132. The molecule has 1 N–H and O–H groups in total. The molecule has 0 aromatic heterocycles. The normalized spacial score (nSPS) is 34.5. The summed E-state index contributed by atoms with van der Waals surface area (Å²) in [6.07, 6.45) is 8.31. The van der Waals surface area contributed by atoms with Gasteiger partial charge in [-0.2, -0.15) is 0 Å². The van der Waals surface area contributed by atoms with Crippen LogP contribution in [0.25, 0.3) is 0 Å². The monoisotopic (exact) mass is 439 g/mol. The number of benzene rings is 1. The van der Waals surface area contributed by atoms with Gasteiger partial charge in [0.25, 0.3) is 0 Å². The van der Waals surface area contributed by atoms with Gasteiger partial charge in [-0.3, -0.25) is 14.6 Å². The van der Waals surface area contributed by atoms with Gasteiger partial charge in [-0.15, -0.1) is 0 Å². The summed E-state index contributed by atoms with van der Waals surface area (Å²) in [7, 11) is 0. The van der Waals surface area contributed by atoms with E-state index in [1.54, 1.807) is 11.8 Å². The molecule has 5 rings (SSSR count). The second kappa shape index (κ2) is 8.61. The summed E-state index contributed by atoms with van der Waals surface area (Å²) in [5, 5.41) is 3.93. The fourth-order valence-corrected chi connectivity index (χ4v) is 7.35. The van der Waals surface area contributed by atoms with Gasteiger partial charge in [0.15, 0.2) is 5.17 Å². The maximum Gasteiger partial charge on any atom is 0.242 e. The zero-order chi connectivity index (χ0) is 21.4. The number of piperidine rings is 1. The average Bonchev–Trinajstić information content (AvgIpc) is 3.48. The molecule has 0 radical (unpaired) electrons. The lowest BCUT2D eigenvalue weighted by Crippen LogP contribution is -2.47. The minimum Gasteiger partial charge on any atom is -0.343 e. The molecule has 31 heavy (non-hydrogen) atoms. The number of carbonyl (C=O) groups excluding carboxylic acids is 2. The van der Waals surface area contributed by atoms with E-state index in [4.69, 9.17) is 4.99 Å². The molecular weight excluding hydrogens is 406 g/mol. The van der Waals surface area contributed by atoms with Crippen LogP contribution in [0.15, 0.2) is 35.3 Å². The van der Waals surface area contributed by atoms with Gasteiger partial charge in [-0.25, -0.2) is 0 Å². The molecule has 5 nitrogen and oxygen atoms in total. The van der Waals surface area contributed by atoms with E-state index in [2.05, 4.69) is 24.4 Å². The van der Waals surface area contributed by atoms with Gasteiger partial charge < -0.3 is 10.2 Å². The number of carbonyl (C=O) groups is 2. The molecule has 166 valence electrons. The number of amidine groups is 1. The zero-order valence-electron chi connectivity index (χ0n) is 18.4. The molecule has 1 aromatic carbocycles. The SMILES string of the molecule is CC1(C2CCN(C(=O)CCc3ccccc3)CC2)SC(=N[C@H]2C[C@@H]3CC[C@H]2C3)NC1=O. The van der Waals surface area contributed by atoms with E-state index in [1.165, 1.54) is 31.2 Å². The van der Waals surface area contributed by atoms with Crippen molar-refractivity contribution in [2.75, 3.05) is 13.1 Å². The Morgan fingerprint density at radius 3 is 2.61 bits per heavy atom. The Labute approximate surface area is 189 Å². The maximum absolute atomic E-state index is 12.9. The van der Waals surface area contributed by atoms with Crippen molar-refractivity contribution in [1.82, 2.24) is 10.2 Å². The van der Waals surface area contributed by atoms with Crippen LogP contribution in [0.3, 0.4) is 0 Å². The van der Waals surface area contributed by atoms with Crippen molar-refractivity contribution >= 4 is 28.7 Å². The Hall–Kier alpha value is -1.82. The molecule has 2 saturated heterocycles. The van der Waals surface area contributed by atoms with E-state index in [0.29, 0.717) is 12.5 Å². The lowest BCUT2D eigenvalue weighted by Gasteiger charge is -2.38. The average molecular weight is 440 g/mol. The molecule has 2 amide bonds. The molecular formula is C25H33N3O2S. The van der Waals surface area contributed by atoms with E-state index in [9.17, 15) is 9.59 Å². The Kier molecular flexibility index (Phi) is 5.84. The number of aryl methyl sites for hydroxylation is 1. The first kappa shape index (κ1) is 21.0. The number of fused-ring (bicyclic) bond motifs is 2. The Morgan fingerprint density at radius 1 is 1.16 bits per heavy atom. The second-order valence-corrected chi connectivity index (χ2v) is 11.4. The second-order valence-electron chi connectivity index (χ2n) is 9.98. The zero-order valence-corrected chi connectivity index (χ0v) is 19.2. The fourth-order valence-electron chi connectivity index (χ4n) is 6.07. The van der Waals surface area contributed by atoms with Crippen LogP contribution < -0.4 is 5.32 Å². The van der Waals surface area contributed by atoms with Crippen molar-refractivity contribution in [1.29, 1.82) is 0 Å². The van der Waals surface area contributed by atoms with E-state index >= 15 is 0 Å². The summed E-state index contributed by atoms with van der Waals surface area (Å²) in [5.74, 6) is 2.20. The first-order valence-electron chi connectivity index (χ1n) is 11.9. The Morgan fingerprint density at radius 2 is 1.94 bits per heavy atom. The van der Waals surface area contributed by atoms with Crippen molar-refractivity contribution < 1.29 is 9.59 Å². The summed E-state index contributed by atoms with van der Waals surface area (Å²) < 4.78 is -0.463. The van der Waals surface area contributed by atoms with Crippen molar-refractivity contribution in [3.8, 4) is 0 Å². The molecule has 2 bridgehead atoms. The number of aliphatic imine (C=N–C) groups is 1. The molecule has 0 spiro atoms. The van der Waals surface area contributed by atoms with Crippen LogP contribution in [0, 0.1) is 17.8 Å². The highest BCUT2D eigenvalue weighted by molar-refractivity contribution is 8.16. The summed E-state index contributed by atoms with van der Waals surface area (Å²) in [6, 6.07) is 10.6. The molecule has 1 aromatic rings. The van der Waals surface area contributed by atoms with Crippen molar-refractivity contribution in [2.45, 2.75) is 69.1 Å².